The zero-order valence-electron chi connectivity index (χ0n) is 15.6. The molecule has 7 heteroatoms. The van der Waals surface area contributed by atoms with Crippen LogP contribution in [0, 0.1) is 6.92 Å². The Balaban J connectivity index is 1.67. The third-order valence-corrected chi connectivity index (χ3v) is 5.69. The van der Waals surface area contributed by atoms with E-state index in [1.165, 1.54) is 0 Å². The molecule has 2 amide bonds. The number of carbonyl (C=O) groups is 2. The van der Waals surface area contributed by atoms with E-state index in [-0.39, 0.29) is 17.4 Å². The zero-order valence-corrected chi connectivity index (χ0v) is 16.4. The molecular formula is C19H27N3O3S. The SMILES string of the molecule is CSCC(=O)N1CCC2(CC1)CN(Cc1cccc(C)n1)C(=O)CCO2. The molecule has 2 saturated heterocycles. The van der Waals surface area contributed by atoms with Crippen LogP contribution in [0.4, 0.5) is 0 Å². The summed E-state index contributed by atoms with van der Waals surface area (Å²) in [6, 6.07) is 5.89. The predicted molar refractivity (Wildman–Crippen MR) is 102 cm³/mol. The van der Waals surface area contributed by atoms with Crippen molar-refractivity contribution in [3.8, 4) is 0 Å². The van der Waals surface area contributed by atoms with Crippen LogP contribution in [0.2, 0.25) is 0 Å². The van der Waals surface area contributed by atoms with Crippen LogP contribution in [0.25, 0.3) is 0 Å². The average Bonchev–Trinajstić information content (AvgIpc) is 2.75. The number of rotatable bonds is 4. The molecule has 0 aromatic carbocycles. The van der Waals surface area contributed by atoms with Crippen LogP contribution < -0.4 is 0 Å². The number of hydrogen-bond donors (Lipinski definition) is 0. The van der Waals surface area contributed by atoms with Gasteiger partial charge in [0.25, 0.3) is 0 Å². The number of piperidine rings is 1. The molecule has 6 nitrogen and oxygen atoms in total. The Morgan fingerprint density at radius 2 is 2.12 bits per heavy atom. The number of hydrogen-bond acceptors (Lipinski definition) is 5. The fourth-order valence-electron chi connectivity index (χ4n) is 3.70. The Labute approximate surface area is 159 Å². The number of likely N-dealkylation sites (tertiary alicyclic amines) is 1. The summed E-state index contributed by atoms with van der Waals surface area (Å²) >= 11 is 1.55. The lowest BCUT2D eigenvalue weighted by atomic mass is 9.90. The van der Waals surface area contributed by atoms with Gasteiger partial charge < -0.3 is 14.5 Å². The molecule has 3 rings (SSSR count). The van der Waals surface area contributed by atoms with Gasteiger partial charge in [0.15, 0.2) is 0 Å². The third-order valence-electron chi connectivity index (χ3n) is 5.15. The highest BCUT2D eigenvalue weighted by molar-refractivity contribution is 7.99. The Morgan fingerprint density at radius 3 is 2.81 bits per heavy atom. The summed E-state index contributed by atoms with van der Waals surface area (Å²) in [5, 5.41) is 0. The van der Waals surface area contributed by atoms with Gasteiger partial charge in [0.05, 0.1) is 43.2 Å². The highest BCUT2D eigenvalue weighted by Gasteiger charge is 2.41. The number of ether oxygens (including phenoxy) is 1. The highest BCUT2D eigenvalue weighted by Crippen LogP contribution is 2.31. The number of pyridine rings is 1. The summed E-state index contributed by atoms with van der Waals surface area (Å²) in [5.74, 6) is 0.834. The molecule has 0 radical (unpaired) electrons. The maximum absolute atomic E-state index is 12.5. The van der Waals surface area contributed by atoms with Crippen molar-refractivity contribution in [2.75, 3.05) is 38.2 Å². The monoisotopic (exact) mass is 377 g/mol. The number of aryl methyl sites for hydroxylation is 1. The van der Waals surface area contributed by atoms with Crippen molar-refractivity contribution in [2.24, 2.45) is 0 Å². The lowest BCUT2D eigenvalue weighted by molar-refractivity contribution is -0.138. The summed E-state index contributed by atoms with van der Waals surface area (Å²) in [5.41, 5.74) is 1.52. The maximum Gasteiger partial charge on any atom is 0.232 e. The van der Waals surface area contributed by atoms with Gasteiger partial charge in [-0.15, -0.1) is 0 Å². The van der Waals surface area contributed by atoms with E-state index in [9.17, 15) is 9.59 Å². The van der Waals surface area contributed by atoms with E-state index in [0.717, 1.165) is 24.2 Å². The molecule has 0 N–H and O–H groups in total. The largest absolute Gasteiger partial charge is 0.372 e. The van der Waals surface area contributed by atoms with E-state index < -0.39 is 0 Å². The molecule has 0 aliphatic carbocycles. The first kappa shape index (κ1) is 19.2. The molecule has 0 unspecified atom stereocenters. The van der Waals surface area contributed by atoms with Gasteiger partial charge in [0.2, 0.25) is 11.8 Å². The average molecular weight is 378 g/mol. The minimum Gasteiger partial charge on any atom is -0.372 e. The van der Waals surface area contributed by atoms with Crippen molar-refractivity contribution in [1.29, 1.82) is 0 Å². The smallest absolute Gasteiger partial charge is 0.232 e. The topological polar surface area (TPSA) is 62.7 Å². The van der Waals surface area contributed by atoms with Crippen LogP contribution in [0.5, 0.6) is 0 Å². The number of carbonyl (C=O) groups excluding carboxylic acids is 2. The first-order chi connectivity index (χ1) is 12.5. The minimum atomic E-state index is -0.341. The van der Waals surface area contributed by atoms with Crippen molar-refractivity contribution in [3.05, 3.63) is 29.6 Å². The molecule has 142 valence electrons. The Hall–Kier alpha value is -1.60. The van der Waals surface area contributed by atoms with Crippen molar-refractivity contribution in [3.63, 3.8) is 0 Å². The number of nitrogens with zero attached hydrogens (tertiary/aromatic N) is 3. The number of thioether (sulfide) groups is 1. The molecule has 2 aliphatic rings. The van der Waals surface area contributed by atoms with Gasteiger partial charge in [0.1, 0.15) is 0 Å². The van der Waals surface area contributed by atoms with Crippen molar-refractivity contribution in [2.45, 2.75) is 38.3 Å². The minimum absolute atomic E-state index is 0.117. The van der Waals surface area contributed by atoms with Gasteiger partial charge in [-0.2, -0.15) is 11.8 Å². The first-order valence-corrected chi connectivity index (χ1v) is 10.5. The normalized spacial score (nSPS) is 20.3. The van der Waals surface area contributed by atoms with E-state index in [2.05, 4.69) is 4.98 Å². The zero-order chi connectivity index (χ0) is 18.6. The van der Waals surface area contributed by atoms with Gasteiger partial charge in [-0.05, 0) is 38.2 Å². The predicted octanol–water partition coefficient (Wildman–Crippen LogP) is 1.86. The molecule has 26 heavy (non-hydrogen) atoms. The maximum atomic E-state index is 12.5. The summed E-state index contributed by atoms with van der Waals surface area (Å²) in [7, 11) is 0. The Kier molecular flexibility index (Phi) is 6.19. The van der Waals surface area contributed by atoms with Crippen LogP contribution in [-0.4, -0.2) is 70.4 Å². The molecule has 0 saturated carbocycles. The van der Waals surface area contributed by atoms with Crippen molar-refractivity contribution >= 4 is 23.6 Å². The summed E-state index contributed by atoms with van der Waals surface area (Å²) < 4.78 is 6.16. The summed E-state index contributed by atoms with van der Waals surface area (Å²) in [6.45, 7) is 4.90. The summed E-state index contributed by atoms with van der Waals surface area (Å²) in [6.07, 6.45) is 3.90. The summed E-state index contributed by atoms with van der Waals surface area (Å²) in [4.78, 5) is 33.0. The Morgan fingerprint density at radius 1 is 1.35 bits per heavy atom. The molecular weight excluding hydrogens is 350 g/mol. The Bertz CT molecular complexity index is 659. The number of amides is 2. The van der Waals surface area contributed by atoms with Crippen molar-refractivity contribution < 1.29 is 14.3 Å². The third kappa shape index (κ3) is 4.57. The fourth-order valence-corrected chi connectivity index (χ4v) is 4.13. The van der Waals surface area contributed by atoms with Gasteiger partial charge in [0, 0.05) is 18.8 Å². The number of aromatic nitrogens is 1. The van der Waals surface area contributed by atoms with Gasteiger partial charge in [-0.1, -0.05) is 6.07 Å². The van der Waals surface area contributed by atoms with Crippen molar-refractivity contribution in [1.82, 2.24) is 14.8 Å². The molecule has 2 fully saturated rings. The first-order valence-electron chi connectivity index (χ1n) is 9.12. The lowest BCUT2D eigenvalue weighted by Gasteiger charge is -2.42. The van der Waals surface area contributed by atoms with E-state index in [0.29, 0.717) is 45.0 Å². The van der Waals surface area contributed by atoms with E-state index in [1.54, 1.807) is 11.8 Å². The molecule has 2 aliphatic heterocycles. The molecule has 0 bridgehead atoms. The molecule has 1 aromatic heterocycles. The van der Waals surface area contributed by atoms with Crippen LogP contribution in [0.1, 0.15) is 30.7 Å². The second-order valence-electron chi connectivity index (χ2n) is 7.12. The van der Waals surface area contributed by atoms with Gasteiger partial charge >= 0.3 is 0 Å². The molecule has 0 atom stereocenters. The van der Waals surface area contributed by atoms with Crippen LogP contribution >= 0.6 is 11.8 Å². The molecule has 3 heterocycles. The molecule has 1 spiro atoms. The van der Waals surface area contributed by atoms with Crippen LogP contribution in [-0.2, 0) is 20.9 Å². The van der Waals surface area contributed by atoms with Gasteiger partial charge in [-0.25, -0.2) is 0 Å². The highest BCUT2D eigenvalue weighted by atomic mass is 32.2. The van der Waals surface area contributed by atoms with E-state index in [1.807, 2.05) is 41.2 Å². The quantitative estimate of drug-likeness (QED) is 0.802. The second-order valence-corrected chi connectivity index (χ2v) is 7.98. The van der Waals surface area contributed by atoms with Crippen LogP contribution in [0.15, 0.2) is 18.2 Å². The lowest BCUT2D eigenvalue weighted by Crippen LogP contribution is -2.53. The molecule has 1 aromatic rings. The van der Waals surface area contributed by atoms with E-state index in [4.69, 9.17) is 4.74 Å². The van der Waals surface area contributed by atoms with Crippen LogP contribution in [0.3, 0.4) is 0 Å². The van der Waals surface area contributed by atoms with Gasteiger partial charge in [-0.3, -0.25) is 14.6 Å². The fraction of sp³-hybridized carbons (Fsp3) is 0.632. The standard InChI is InChI=1S/C19H27N3O3S/c1-15-4-3-5-16(20-15)12-22-14-19(25-11-6-17(22)23)7-9-21(10-8-19)18(24)13-26-2/h3-5H,6-14H2,1-2H3. The van der Waals surface area contributed by atoms with E-state index >= 15 is 0 Å². The second kappa shape index (κ2) is 8.39.